The van der Waals surface area contributed by atoms with Crippen LogP contribution in [0, 0.1) is 92.7 Å². The number of carbonyl (C=O) groups is 2. The van der Waals surface area contributed by atoms with E-state index < -0.39 is 24.6 Å². The van der Waals surface area contributed by atoms with E-state index in [0.717, 1.165) is 104 Å². The number of alkyl halides is 6. The second kappa shape index (κ2) is 30.7. The number of aromatic nitrogens is 2. The Morgan fingerprint density at radius 2 is 1.07 bits per heavy atom. The maximum atomic E-state index is 13.0. The Bertz CT molecular complexity index is 3040. The average Bonchev–Trinajstić information content (AvgIpc) is 1.71. The Hall–Kier alpha value is -0.890. The van der Waals surface area contributed by atoms with Gasteiger partial charge in [0.1, 0.15) is 38.0 Å². The Labute approximate surface area is 597 Å². The number of methoxy groups -OCH3 is 2. The Balaban J connectivity index is 0.000000199. The summed E-state index contributed by atoms with van der Waals surface area (Å²) in [7, 11) is 2.66. The fourth-order valence-corrected chi connectivity index (χ4v) is 22.1. The fraction of sp³-hybridized carbons (Fsp3) is 0.771. The van der Waals surface area contributed by atoms with Crippen LogP contribution < -0.4 is 19.6 Å². The summed E-state index contributed by atoms with van der Waals surface area (Å²) in [5.74, 6) is 9.55. The van der Waals surface area contributed by atoms with Crippen LogP contribution in [0.15, 0.2) is 28.1 Å². The van der Waals surface area contributed by atoms with Crippen LogP contribution in [0.4, 0.5) is 9.59 Å². The third kappa shape index (κ3) is 16.4. The number of hydrogen-bond acceptors (Lipinski definition) is 9. The van der Waals surface area contributed by atoms with Gasteiger partial charge in [0.05, 0.1) is 19.9 Å². The van der Waals surface area contributed by atoms with Gasteiger partial charge in [0.25, 0.3) is 0 Å². The first-order valence-corrected chi connectivity index (χ1v) is 37.6. The lowest BCUT2D eigenvalue weighted by atomic mass is 9.47. The van der Waals surface area contributed by atoms with Gasteiger partial charge >= 0.3 is 11.6 Å². The zero-order valence-electron chi connectivity index (χ0n) is 55.2. The van der Waals surface area contributed by atoms with Crippen molar-refractivity contribution in [2.75, 3.05) is 14.2 Å². The van der Waals surface area contributed by atoms with Crippen molar-refractivity contribution < 1.29 is 33.3 Å². The molecule has 0 spiro atoms. The molecule has 2 heterocycles. The molecule has 0 radical (unpaired) electrons. The molecule has 0 bridgehead atoms. The number of carbonyl (C=O) groups excluding carboxylic acids is 2. The topological polar surface area (TPSA) is 126 Å². The molecule has 8 aliphatic carbocycles. The van der Waals surface area contributed by atoms with E-state index >= 15 is 0 Å². The maximum Gasteiger partial charge on any atom is 0.514 e. The van der Waals surface area contributed by atoms with E-state index in [1.807, 2.05) is 0 Å². The number of ether oxygens (including phenoxy) is 5. The SMILES string of the molecule is CC(C)CCCC(C)C1CCC2C3CC=C4CC(OC(=O)Cl)CCC4(C)C3CCC12C.COc1[nH]c(C(Cl)(Cl)Cl)c(Cl)c(=O)c1Cl.COc1nc(C(Cl)(Cl)Cl)c(Cl)c(OC(=O)OC2CCC3(C)C(=CCC4C3CCC3(C)C(C(C)CCCC(C)C)CCC43)C2)c1Cl. The molecular weight excluding hydrogens is 1390 g/mol. The van der Waals surface area contributed by atoms with Crippen molar-refractivity contribution in [1.82, 2.24) is 9.97 Å². The summed E-state index contributed by atoms with van der Waals surface area (Å²) >= 11 is 64.5. The molecule has 10 nitrogen and oxygen atoms in total. The first-order valence-electron chi connectivity index (χ1n) is 33.4. The Morgan fingerprint density at radius 3 is 1.48 bits per heavy atom. The summed E-state index contributed by atoms with van der Waals surface area (Å²) < 4.78 is 22.8. The zero-order valence-corrected chi connectivity index (χ0v) is 63.5. The van der Waals surface area contributed by atoms with Gasteiger partial charge in [-0.05, 0) is 183 Å². The molecule has 2 aromatic rings. The standard InChI is InChI=1S/C35H48Cl5NO4.C28H45ClO2.C7H4Cl5NO2/c1-19(2)8-7-9-20(3)24-12-13-25-23-11-10-21-18-22(14-16-33(21,4)26(23)15-17-34(24,25)5)44-32(42)45-29-27(36)30(35(38,39)40)41-31(43-6)28(29)37;1-18(2)7-6-8-19(3)23-11-12-24-22-10-9-20-17-21(31-26(29)30)13-15-27(20,4)25(22)14-16-28(23,24)5;1-15-6-3(9)4(14)2(8)5(13-6)7(10,11)12/h10,19-20,22-26H,7-9,11-18H2,1-6H3;9,18-19,21-25H,6-8,10-17H2,1-5H3;1H3,(H,13,14). The molecule has 0 aliphatic heterocycles. The van der Waals surface area contributed by atoms with Crippen molar-refractivity contribution in [1.29, 1.82) is 0 Å². The highest BCUT2D eigenvalue weighted by Gasteiger charge is 2.61. The lowest BCUT2D eigenvalue weighted by Gasteiger charge is -2.58. The number of H-pyrrole nitrogens is 1. The maximum absolute atomic E-state index is 13.0. The molecule has 6 fully saturated rings. The van der Waals surface area contributed by atoms with Crippen LogP contribution in [-0.2, 0) is 17.1 Å². The van der Waals surface area contributed by atoms with E-state index in [2.05, 4.69) is 91.4 Å². The minimum absolute atomic E-state index is 0.00704. The van der Waals surface area contributed by atoms with Crippen LogP contribution in [0.3, 0.4) is 0 Å². The molecule has 21 heteroatoms. The average molecular weight is 1480 g/mol. The molecule has 0 amide bonds. The van der Waals surface area contributed by atoms with E-state index in [0.29, 0.717) is 28.6 Å². The summed E-state index contributed by atoms with van der Waals surface area (Å²) in [6.45, 7) is 24.8. The van der Waals surface area contributed by atoms with Crippen LogP contribution in [0.25, 0.3) is 0 Å². The largest absolute Gasteiger partial charge is 0.514 e. The molecule has 0 saturated heterocycles. The van der Waals surface area contributed by atoms with Crippen molar-refractivity contribution in [2.45, 2.75) is 230 Å². The minimum Gasteiger partial charge on any atom is -0.481 e. The van der Waals surface area contributed by atoms with Crippen molar-refractivity contribution >= 4 is 139 Å². The molecule has 8 aliphatic rings. The number of allylic oxidation sites excluding steroid dienone is 2. The van der Waals surface area contributed by atoms with Gasteiger partial charge in [-0.2, -0.15) is 0 Å². The second-order valence-electron chi connectivity index (χ2n) is 30.0. The van der Waals surface area contributed by atoms with E-state index in [1.165, 1.54) is 116 Å². The molecule has 0 aromatic carbocycles. The second-order valence-corrected chi connectivity index (χ2v) is 36.4. The van der Waals surface area contributed by atoms with E-state index in [4.69, 9.17) is 151 Å². The summed E-state index contributed by atoms with van der Waals surface area (Å²) in [6.07, 6.45) is 31.0. The number of aromatic amines is 1. The first-order chi connectivity index (χ1) is 42.5. The number of pyridine rings is 2. The summed E-state index contributed by atoms with van der Waals surface area (Å²) in [5.41, 5.74) is 2.89. The Morgan fingerprint density at radius 1 is 0.593 bits per heavy atom. The lowest BCUT2D eigenvalue weighted by Crippen LogP contribution is -2.51. The van der Waals surface area contributed by atoms with Gasteiger partial charge in [0.15, 0.2) is 5.75 Å². The van der Waals surface area contributed by atoms with E-state index in [1.54, 1.807) is 5.57 Å². The predicted octanol–water partition coefficient (Wildman–Crippen LogP) is 24.4. The van der Waals surface area contributed by atoms with Gasteiger partial charge in [-0.3, -0.25) is 4.79 Å². The number of nitrogens with one attached hydrogen (secondary N) is 1. The van der Waals surface area contributed by atoms with Crippen LogP contribution in [-0.4, -0.2) is 48.0 Å². The van der Waals surface area contributed by atoms with Crippen molar-refractivity contribution in [3.05, 3.63) is 65.0 Å². The highest BCUT2D eigenvalue weighted by Crippen LogP contribution is 2.69. The van der Waals surface area contributed by atoms with Crippen molar-refractivity contribution in [3.8, 4) is 17.5 Å². The molecule has 1 N–H and O–H groups in total. The third-order valence-electron chi connectivity index (χ3n) is 24.2. The molecule has 91 heavy (non-hydrogen) atoms. The summed E-state index contributed by atoms with van der Waals surface area (Å²) in [6, 6.07) is 0. The van der Waals surface area contributed by atoms with Crippen LogP contribution in [0.1, 0.15) is 222 Å². The normalized spacial score (nSPS) is 33.1. The highest BCUT2D eigenvalue weighted by atomic mass is 35.6. The first kappa shape index (κ1) is 75.9. The Kier molecular flexibility index (Phi) is 25.6. The van der Waals surface area contributed by atoms with Gasteiger partial charge < -0.3 is 28.7 Å². The molecule has 512 valence electrons. The monoisotopic (exact) mass is 1480 g/mol. The van der Waals surface area contributed by atoms with Crippen LogP contribution >= 0.6 is 128 Å². The highest BCUT2D eigenvalue weighted by molar-refractivity contribution is 6.67. The summed E-state index contributed by atoms with van der Waals surface area (Å²) in [4.78, 5) is 42.3. The van der Waals surface area contributed by atoms with Gasteiger partial charge in [0, 0.05) is 24.4 Å². The van der Waals surface area contributed by atoms with Crippen LogP contribution in [0.5, 0.6) is 17.5 Å². The van der Waals surface area contributed by atoms with Gasteiger partial charge in [-0.1, -0.05) is 247 Å². The van der Waals surface area contributed by atoms with E-state index in [9.17, 15) is 14.4 Å². The number of nitrogens with zero attached hydrogens (tertiary/aromatic N) is 1. The number of hydrogen-bond donors (Lipinski definition) is 1. The number of halogens is 11. The van der Waals surface area contributed by atoms with Gasteiger partial charge in [-0.25, -0.2) is 14.6 Å². The zero-order chi connectivity index (χ0) is 67.1. The van der Waals surface area contributed by atoms with Crippen molar-refractivity contribution in [3.63, 3.8) is 0 Å². The lowest BCUT2D eigenvalue weighted by molar-refractivity contribution is -0.0597. The van der Waals surface area contributed by atoms with Gasteiger partial charge in [0.2, 0.25) is 24.8 Å². The third-order valence-corrected chi connectivity index (χ3v) is 26.8. The quantitative estimate of drug-likeness (QED) is 0.0803. The summed E-state index contributed by atoms with van der Waals surface area (Å²) in [5, 5.41) is -0.780. The molecule has 6 saturated carbocycles. The van der Waals surface area contributed by atoms with Gasteiger partial charge in [-0.15, -0.1) is 0 Å². The molecule has 2 aromatic heterocycles. The molecule has 16 unspecified atom stereocenters. The number of rotatable bonds is 15. The van der Waals surface area contributed by atoms with E-state index in [-0.39, 0.29) is 66.6 Å². The predicted molar refractivity (Wildman–Crippen MR) is 376 cm³/mol. The molecule has 10 rings (SSSR count). The van der Waals surface area contributed by atoms with Crippen LogP contribution in [0.2, 0.25) is 20.1 Å². The smallest absolute Gasteiger partial charge is 0.481 e. The fourth-order valence-electron chi connectivity index (χ4n) is 19.7. The van der Waals surface area contributed by atoms with Crippen molar-refractivity contribution in [2.24, 2.45) is 92.7 Å². The molecular formula is C70H97Cl11N2O8. The minimum atomic E-state index is -1.99. The number of fused-ring (bicyclic) bond motifs is 10. The molecule has 16 atom stereocenters.